The van der Waals surface area contributed by atoms with Crippen molar-refractivity contribution in [1.29, 1.82) is 0 Å². The van der Waals surface area contributed by atoms with Gasteiger partial charge in [-0.1, -0.05) is 12.1 Å². The van der Waals surface area contributed by atoms with Crippen LogP contribution in [0, 0.1) is 10.1 Å². The molecule has 2 aromatic rings. The maximum absolute atomic E-state index is 12.7. The number of nitrogens with zero attached hydrogens (tertiary/aromatic N) is 3. The van der Waals surface area contributed by atoms with Gasteiger partial charge in [0.05, 0.1) is 18.1 Å². The van der Waals surface area contributed by atoms with Crippen LogP contribution in [-0.4, -0.2) is 60.1 Å². The number of rotatable bonds is 6. The highest BCUT2D eigenvalue weighted by atomic mass is 16.6. The summed E-state index contributed by atoms with van der Waals surface area (Å²) in [5.74, 6) is -0.716. The summed E-state index contributed by atoms with van der Waals surface area (Å²) >= 11 is 0. The third-order valence-electron chi connectivity index (χ3n) is 4.57. The minimum Gasteiger partial charge on any atom is -0.394 e. The number of ketones is 1. The van der Waals surface area contributed by atoms with Crippen molar-refractivity contribution in [3.8, 4) is 0 Å². The van der Waals surface area contributed by atoms with E-state index in [0.717, 1.165) is 22.9 Å². The Morgan fingerprint density at radius 3 is 2.55 bits per heavy atom. The monoisotopic (exact) mass is 407 g/mol. The summed E-state index contributed by atoms with van der Waals surface area (Å²) in [4.78, 5) is 47.4. The van der Waals surface area contributed by atoms with Gasteiger partial charge in [0, 0.05) is 30.0 Å². The van der Waals surface area contributed by atoms with E-state index in [1.54, 1.807) is 0 Å². The van der Waals surface area contributed by atoms with Crippen LogP contribution in [0.1, 0.15) is 16.6 Å². The maximum atomic E-state index is 12.7. The highest BCUT2D eigenvalue weighted by Gasteiger charge is 2.43. The minimum absolute atomic E-state index is 0.0613. The van der Waals surface area contributed by atoms with Gasteiger partial charge < -0.3 is 20.1 Å². The quantitative estimate of drug-likeness (QED) is 0.290. The number of carbonyl (C=O) groups is 1. The van der Waals surface area contributed by atoms with Crippen LogP contribution >= 0.6 is 0 Å². The van der Waals surface area contributed by atoms with Gasteiger partial charge in [-0.15, -0.1) is 0 Å². The van der Waals surface area contributed by atoms with Crippen molar-refractivity contribution in [3.05, 3.63) is 73.0 Å². The standard InChI is InChI=1S/C17H17N3O9/c21-8-12-14(24)15(25)16(29-12)18-5-4-13(23)19(17(18)26)7-11(22)9-2-1-3-10(6-9)20(27)28/h1-6,12,14-16,21,24-25H,7-8H2/t12-,14-,15-,16-/m1/s1. The van der Waals surface area contributed by atoms with E-state index < -0.39 is 59.6 Å². The van der Waals surface area contributed by atoms with Gasteiger partial charge in [0.15, 0.2) is 12.0 Å². The fourth-order valence-corrected chi connectivity index (χ4v) is 3.01. The van der Waals surface area contributed by atoms with E-state index in [1.165, 1.54) is 18.2 Å². The molecule has 0 amide bonds. The number of aliphatic hydroxyl groups excluding tert-OH is 3. The molecular weight excluding hydrogens is 390 g/mol. The van der Waals surface area contributed by atoms with E-state index in [1.807, 2.05) is 0 Å². The van der Waals surface area contributed by atoms with Crippen molar-refractivity contribution in [1.82, 2.24) is 9.13 Å². The Labute approximate surface area is 162 Å². The lowest BCUT2D eigenvalue weighted by molar-refractivity contribution is -0.384. The third kappa shape index (κ3) is 3.86. The van der Waals surface area contributed by atoms with Crippen molar-refractivity contribution >= 4 is 11.5 Å². The largest absolute Gasteiger partial charge is 0.394 e. The predicted molar refractivity (Wildman–Crippen MR) is 95.4 cm³/mol. The van der Waals surface area contributed by atoms with Crippen molar-refractivity contribution in [2.24, 2.45) is 0 Å². The summed E-state index contributed by atoms with van der Waals surface area (Å²) in [7, 11) is 0. The smallest absolute Gasteiger partial charge is 0.333 e. The molecule has 12 nitrogen and oxygen atoms in total. The molecule has 4 atom stereocenters. The first-order valence-corrected chi connectivity index (χ1v) is 8.46. The zero-order valence-corrected chi connectivity index (χ0v) is 14.8. The molecule has 29 heavy (non-hydrogen) atoms. The molecule has 3 N–H and O–H groups in total. The number of aliphatic hydroxyl groups is 3. The van der Waals surface area contributed by atoms with Gasteiger partial charge in [0.1, 0.15) is 18.3 Å². The Morgan fingerprint density at radius 2 is 1.93 bits per heavy atom. The third-order valence-corrected chi connectivity index (χ3v) is 4.57. The second-order valence-electron chi connectivity index (χ2n) is 6.39. The van der Waals surface area contributed by atoms with Crippen LogP contribution in [0.5, 0.6) is 0 Å². The first-order chi connectivity index (χ1) is 13.7. The van der Waals surface area contributed by atoms with Gasteiger partial charge in [-0.3, -0.25) is 28.8 Å². The summed E-state index contributed by atoms with van der Waals surface area (Å²) in [6.45, 7) is -1.30. The molecule has 154 valence electrons. The molecule has 12 heteroatoms. The molecule has 1 aromatic carbocycles. The fraction of sp³-hybridized carbons (Fsp3) is 0.353. The van der Waals surface area contributed by atoms with Crippen LogP contribution in [0.3, 0.4) is 0 Å². The zero-order valence-electron chi connectivity index (χ0n) is 14.8. The number of nitro benzene ring substituents is 1. The van der Waals surface area contributed by atoms with Crippen LogP contribution in [0.2, 0.25) is 0 Å². The number of hydrogen-bond acceptors (Lipinski definition) is 9. The summed E-state index contributed by atoms with van der Waals surface area (Å²) < 4.78 is 6.67. The van der Waals surface area contributed by atoms with Gasteiger partial charge in [0.2, 0.25) is 0 Å². The van der Waals surface area contributed by atoms with E-state index in [9.17, 15) is 34.7 Å². The normalized spacial score (nSPS) is 23.8. The molecule has 0 spiro atoms. The van der Waals surface area contributed by atoms with E-state index in [-0.39, 0.29) is 11.3 Å². The molecule has 0 unspecified atom stereocenters. The highest BCUT2D eigenvalue weighted by molar-refractivity contribution is 5.96. The van der Waals surface area contributed by atoms with Crippen molar-refractivity contribution in [2.45, 2.75) is 31.1 Å². The molecule has 0 aliphatic carbocycles. The Bertz CT molecular complexity index is 1060. The number of Topliss-reactive ketones (excluding diaryl/α,β-unsaturated/α-hetero) is 1. The summed E-state index contributed by atoms with van der Waals surface area (Å²) in [6, 6.07) is 5.81. The molecule has 1 aromatic heterocycles. The molecule has 1 aliphatic heterocycles. The van der Waals surface area contributed by atoms with Crippen LogP contribution in [-0.2, 0) is 11.3 Å². The number of nitro groups is 1. The van der Waals surface area contributed by atoms with Crippen molar-refractivity contribution in [2.75, 3.05) is 6.61 Å². The average Bonchev–Trinajstić information content (AvgIpc) is 2.99. The Kier molecular flexibility index (Phi) is 5.70. The Hall–Kier alpha value is -3.19. The number of benzene rings is 1. The second kappa shape index (κ2) is 8.05. The van der Waals surface area contributed by atoms with Gasteiger partial charge in [-0.25, -0.2) is 4.79 Å². The fourth-order valence-electron chi connectivity index (χ4n) is 3.01. The lowest BCUT2D eigenvalue weighted by Gasteiger charge is -2.18. The number of hydrogen-bond donors (Lipinski definition) is 3. The van der Waals surface area contributed by atoms with Crippen LogP contribution in [0.4, 0.5) is 5.69 Å². The molecule has 1 aliphatic rings. The predicted octanol–water partition coefficient (Wildman–Crippen LogP) is -1.59. The average molecular weight is 407 g/mol. The summed E-state index contributed by atoms with van der Waals surface area (Å²) in [5, 5.41) is 39.9. The molecule has 0 radical (unpaired) electrons. The molecule has 2 heterocycles. The first-order valence-electron chi connectivity index (χ1n) is 8.46. The number of ether oxygens (including phenoxy) is 1. The molecule has 3 rings (SSSR count). The van der Waals surface area contributed by atoms with E-state index in [4.69, 9.17) is 9.84 Å². The van der Waals surface area contributed by atoms with E-state index >= 15 is 0 Å². The SMILES string of the molecule is O=C(Cn1c(=O)ccn([C@@H]2O[C@H](CO)[C@@H](O)[C@H]2O)c1=O)c1cccc([N+](=O)[O-])c1. The zero-order chi connectivity index (χ0) is 21.3. The van der Waals surface area contributed by atoms with Gasteiger partial charge in [-0.2, -0.15) is 0 Å². The Balaban J connectivity index is 1.93. The lowest BCUT2D eigenvalue weighted by atomic mass is 10.1. The molecule has 1 saturated heterocycles. The lowest BCUT2D eigenvalue weighted by Crippen LogP contribution is -2.44. The van der Waals surface area contributed by atoms with E-state index in [0.29, 0.717) is 4.57 Å². The van der Waals surface area contributed by atoms with Crippen LogP contribution in [0.15, 0.2) is 46.1 Å². The van der Waals surface area contributed by atoms with E-state index in [2.05, 4.69) is 0 Å². The molecule has 1 fully saturated rings. The molecule has 0 saturated carbocycles. The summed E-state index contributed by atoms with van der Waals surface area (Å²) in [6.07, 6.45) is -4.48. The number of carbonyl (C=O) groups excluding carboxylic acids is 1. The maximum Gasteiger partial charge on any atom is 0.333 e. The highest BCUT2D eigenvalue weighted by Crippen LogP contribution is 2.27. The van der Waals surface area contributed by atoms with Crippen LogP contribution < -0.4 is 11.2 Å². The van der Waals surface area contributed by atoms with Crippen molar-refractivity contribution in [3.63, 3.8) is 0 Å². The molecular formula is C17H17N3O9. The minimum atomic E-state index is -1.55. The van der Waals surface area contributed by atoms with Crippen LogP contribution in [0.25, 0.3) is 0 Å². The number of aromatic nitrogens is 2. The number of non-ortho nitro benzene ring substituents is 1. The van der Waals surface area contributed by atoms with Gasteiger partial charge in [-0.05, 0) is 0 Å². The summed E-state index contributed by atoms with van der Waals surface area (Å²) in [5.41, 5.74) is -2.18. The van der Waals surface area contributed by atoms with Gasteiger partial charge >= 0.3 is 5.69 Å². The van der Waals surface area contributed by atoms with Crippen molar-refractivity contribution < 1.29 is 29.8 Å². The molecule has 0 bridgehead atoms. The Morgan fingerprint density at radius 1 is 1.21 bits per heavy atom. The van der Waals surface area contributed by atoms with Gasteiger partial charge in [0.25, 0.3) is 11.2 Å². The first kappa shape index (κ1) is 20.5. The second-order valence-corrected chi connectivity index (χ2v) is 6.39. The topological polar surface area (TPSA) is 174 Å².